The molecule has 1 aliphatic rings. The SMILES string of the molecule is CN(C)CCn1ncc(NC2CCCOC2)c(Cl)c1=O. The van der Waals surface area contributed by atoms with Crippen molar-refractivity contribution in [1.82, 2.24) is 14.7 Å². The lowest BCUT2D eigenvalue weighted by atomic mass is 10.1. The number of aromatic nitrogens is 2. The molecule has 0 amide bonds. The van der Waals surface area contributed by atoms with Gasteiger partial charge in [0.2, 0.25) is 0 Å². The Morgan fingerprint density at radius 2 is 2.40 bits per heavy atom. The number of anilines is 1. The first-order valence-electron chi connectivity index (χ1n) is 6.82. The Balaban J connectivity index is 2.07. The molecule has 1 N–H and O–H groups in total. The molecule has 1 aromatic rings. The van der Waals surface area contributed by atoms with Gasteiger partial charge in [-0.1, -0.05) is 11.6 Å². The van der Waals surface area contributed by atoms with Crippen molar-refractivity contribution in [3.8, 4) is 0 Å². The van der Waals surface area contributed by atoms with E-state index in [1.165, 1.54) is 4.68 Å². The molecule has 7 heteroatoms. The molecule has 1 aromatic heterocycles. The molecule has 2 heterocycles. The zero-order valence-corrected chi connectivity index (χ0v) is 12.7. The van der Waals surface area contributed by atoms with Gasteiger partial charge in [-0.3, -0.25) is 4.79 Å². The molecular formula is C13H21ClN4O2. The third-order valence-electron chi connectivity index (χ3n) is 3.26. The lowest BCUT2D eigenvalue weighted by Crippen LogP contribution is -2.33. The molecule has 6 nitrogen and oxygen atoms in total. The maximum atomic E-state index is 12.1. The van der Waals surface area contributed by atoms with E-state index >= 15 is 0 Å². The van der Waals surface area contributed by atoms with Crippen molar-refractivity contribution in [3.63, 3.8) is 0 Å². The summed E-state index contributed by atoms with van der Waals surface area (Å²) < 4.78 is 6.79. The van der Waals surface area contributed by atoms with E-state index in [9.17, 15) is 4.79 Å². The molecule has 20 heavy (non-hydrogen) atoms. The van der Waals surface area contributed by atoms with Crippen LogP contribution in [-0.2, 0) is 11.3 Å². The molecule has 0 aliphatic carbocycles. The lowest BCUT2D eigenvalue weighted by Gasteiger charge is -2.24. The number of likely N-dealkylation sites (N-methyl/N-ethyl adjacent to an activating group) is 1. The minimum Gasteiger partial charge on any atom is -0.379 e. The van der Waals surface area contributed by atoms with E-state index in [2.05, 4.69) is 10.4 Å². The second kappa shape index (κ2) is 7.06. The molecule has 1 aliphatic heterocycles. The lowest BCUT2D eigenvalue weighted by molar-refractivity contribution is 0.0876. The summed E-state index contributed by atoms with van der Waals surface area (Å²) >= 11 is 6.14. The standard InChI is InChI=1S/C13H21ClN4O2/c1-17(2)5-6-18-13(19)12(14)11(8-15-18)16-10-4-3-7-20-9-10/h8,10,16H,3-7,9H2,1-2H3. The highest BCUT2D eigenvalue weighted by atomic mass is 35.5. The minimum absolute atomic E-state index is 0.195. The maximum Gasteiger partial charge on any atom is 0.287 e. The van der Waals surface area contributed by atoms with Crippen LogP contribution in [0.2, 0.25) is 5.02 Å². The van der Waals surface area contributed by atoms with Crippen LogP contribution in [0.4, 0.5) is 5.69 Å². The van der Waals surface area contributed by atoms with Crippen molar-refractivity contribution in [1.29, 1.82) is 0 Å². The number of hydrogen-bond donors (Lipinski definition) is 1. The number of hydrogen-bond acceptors (Lipinski definition) is 5. The predicted octanol–water partition coefficient (Wildman–Crippen LogP) is 1.05. The molecule has 0 aromatic carbocycles. The van der Waals surface area contributed by atoms with E-state index in [0.29, 0.717) is 18.8 Å². The van der Waals surface area contributed by atoms with Crippen molar-refractivity contribution in [2.24, 2.45) is 0 Å². The molecule has 0 saturated carbocycles. The largest absolute Gasteiger partial charge is 0.379 e. The summed E-state index contributed by atoms with van der Waals surface area (Å²) in [5.41, 5.74) is 0.337. The molecule has 0 spiro atoms. The number of nitrogens with zero attached hydrogens (tertiary/aromatic N) is 3. The van der Waals surface area contributed by atoms with Gasteiger partial charge in [0, 0.05) is 19.2 Å². The molecule has 2 rings (SSSR count). The Morgan fingerprint density at radius 1 is 1.60 bits per heavy atom. The van der Waals surface area contributed by atoms with Crippen LogP contribution in [0.25, 0.3) is 0 Å². The Morgan fingerprint density at radius 3 is 3.05 bits per heavy atom. The third-order valence-corrected chi connectivity index (χ3v) is 3.63. The molecule has 1 saturated heterocycles. The first-order chi connectivity index (χ1) is 9.58. The minimum atomic E-state index is -0.254. The first-order valence-corrected chi connectivity index (χ1v) is 7.20. The summed E-state index contributed by atoms with van der Waals surface area (Å²) in [6.45, 7) is 2.71. The molecular weight excluding hydrogens is 280 g/mol. The van der Waals surface area contributed by atoms with Crippen LogP contribution in [0, 0.1) is 0 Å². The van der Waals surface area contributed by atoms with E-state index in [0.717, 1.165) is 26.0 Å². The predicted molar refractivity (Wildman–Crippen MR) is 79.5 cm³/mol. The van der Waals surface area contributed by atoms with Gasteiger partial charge in [-0.15, -0.1) is 0 Å². The van der Waals surface area contributed by atoms with Gasteiger partial charge in [0.1, 0.15) is 5.02 Å². The molecule has 0 radical (unpaired) electrons. The quantitative estimate of drug-likeness (QED) is 0.881. The molecule has 0 bridgehead atoms. The molecule has 1 atom stereocenters. The fourth-order valence-corrected chi connectivity index (χ4v) is 2.30. The Hall–Kier alpha value is -1.11. The topological polar surface area (TPSA) is 59.4 Å². The van der Waals surface area contributed by atoms with Gasteiger partial charge in [-0.25, -0.2) is 4.68 Å². The number of rotatable bonds is 5. The Bertz CT molecular complexity index is 498. The van der Waals surface area contributed by atoms with E-state index in [1.807, 2.05) is 19.0 Å². The number of halogens is 1. The molecule has 112 valence electrons. The Labute approximate surface area is 123 Å². The first kappa shape index (κ1) is 15.3. The summed E-state index contributed by atoms with van der Waals surface area (Å²) in [5, 5.41) is 7.60. The second-order valence-electron chi connectivity index (χ2n) is 5.26. The van der Waals surface area contributed by atoms with Crippen molar-refractivity contribution in [2.75, 3.05) is 39.2 Å². The van der Waals surface area contributed by atoms with Gasteiger partial charge in [-0.2, -0.15) is 5.10 Å². The highest BCUT2D eigenvalue weighted by molar-refractivity contribution is 6.32. The summed E-state index contributed by atoms with van der Waals surface area (Å²) in [5.74, 6) is 0. The summed E-state index contributed by atoms with van der Waals surface area (Å²) in [4.78, 5) is 14.1. The highest BCUT2D eigenvalue weighted by Gasteiger charge is 2.16. The van der Waals surface area contributed by atoms with E-state index < -0.39 is 0 Å². The fraction of sp³-hybridized carbons (Fsp3) is 0.692. The van der Waals surface area contributed by atoms with Crippen LogP contribution >= 0.6 is 11.6 Å². The van der Waals surface area contributed by atoms with E-state index in [-0.39, 0.29) is 16.6 Å². The number of nitrogens with one attached hydrogen (secondary N) is 1. The number of ether oxygens (including phenoxy) is 1. The summed E-state index contributed by atoms with van der Waals surface area (Å²) in [7, 11) is 3.90. The van der Waals surface area contributed by atoms with Crippen molar-refractivity contribution < 1.29 is 4.74 Å². The van der Waals surface area contributed by atoms with Crippen LogP contribution in [-0.4, -0.2) is 54.6 Å². The van der Waals surface area contributed by atoms with Gasteiger partial charge in [0.25, 0.3) is 5.56 Å². The van der Waals surface area contributed by atoms with Gasteiger partial charge in [0.15, 0.2) is 0 Å². The van der Waals surface area contributed by atoms with Crippen molar-refractivity contribution in [2.45, 2.75) is 25.4 Å². The Kier molecular flexibility index (Phi) is 5.39. The average Bonchev–Trinajstić information content (AvgIpc) is 2.44. The smallest absolute Gasteiger partial charge is 0.287 e. The highest BCUT2D eigenvalue weighted by Crippen LogP contribution is 2.19. The fourth-order valence-electron chi connectivity index (χ4n) is 2.09. The van der Waals surface area contributed by atoms with Crippen LogP contribution in [0.5, 0.6) is 0 Å². The van der Waals surface area contributed by atoms with Crippen molar-refractivity contribution >= 4 is 17.3 Å². The van der Waals surface area contributed by atoms with Gasteiger partial charge in [0.05, 0.1) is 25.0 Å². The van der Waals surface area contributed by atoms with Crippen molar-refractivity contribution in [3.05, 3.63) is 21.6 Å². The van der Waals surface area contributed by atoms with Crippen LogP contribution in [0.1, 0.15) is 12.8 Å². The normalized spacial score (nSPS) is 19.3. The third kappa shape index (κ3) is 3.94. The zero-order chi connectivity index (χ0) is 14.5. The summed E-state index contributed by atoms with van der Waals surface area (Å²) in [6, 6.07) is 0.195. The van der Waals surface area contributed by atoms with Crippen LogP contribution < -0.4 is 10.9 Å². The van der Waals surface area contributed by atoms with Gasteiger partial charge < -0.3 is 15.0 Å². The van der Waals surface area contributed by atoms with Crippen LogP contribution in [0.15, 0.2) is 11.0 Å². The maximum absolute atomic E-state index is 12.1. The van der Waals surface area contributed by atoms with E-state index in [4.69, 9.17) is 16.3 Å². The van der Waals surface area contributed by atoms with E-state index in [1.54, 1.807) is 6.20 Å². The van der Waals surface area contributed by atoms with Gasteiger partial charge in [-0.05, 0) is 26.9 Å². The average molecular weight is 301 g/mol. The zero-order valence-electron chi connectivity index (χ0n) is 11.9. The summed E-state index contributed by atoms with van der Waals surface area (Å²) in [6.07, 6.45) is 3.65. The molecule has 1 fully saturated rings. The second-order valence-corrected chi connectivity index (χ2v) is 5.64. The van der Waals surface area contributed by atoms with Crippen LogP contribution in [0.3, 0.4) is 0 Å². The monoisotopic (exact) mass is 300 g/mol. The van der Waals surface area contributed by atoms with Gasteiger partial charge >= 0.3 is 0 Å². The molecule has 1 unspecified atom stereocenters.